The molecule has 76 valence electrons. The van der Waals surface area contributed by atoms with Crippen LogP contribution in [-0.2, 0) is 9.47 Å². The Labute approximate surface area is 79.8 Å². The van der Waals surface area contributed by atoms with Crippen molar-refractivity contribution in [3.05, 3.63) is 0 Å². The highest BCUT2D eigenvalue weighted by molar-refractivity contribution is 4.88. The molecule has 13 heavy (non-hydrogen) atoms. The molecule has 1 N–H and O–H groups in total. The first-order chi connectivity index (χ1) is 6.35. The zero-order valence-corrected chi connectivity index (χ0v) is 8.34. The van der Waals surface area contributed by atoms with E-state index in [0.717, 1.165) is 38.6 Å². The van der Waals surface area contributed by atoms with E-state index in [-0.39, 0.29) is 5.60 Å². The number of hydrogen-bond acceptors (Lipinski definition) is 3. The van der Waals surface area contributed by atoms with E-state index >= 15 is 0 Å². The molecule has 1 aliphatic carbocycles. The molecular weight excluding hydrogens is 166 g/mol. The first kappa shape index (κ1) is 9.44. The van der Waals surface area contributed by atoms with Crippen LogP contribution in [0.3, 0.4) is 0 Å². The van der Waals surface area contributed by atoms with Gasteiger partial charge in [0.15, 0.2) is 0 Å². The second kappa shape index (κ2) is 3.95. The summed E-state index contributed by atoms with van der Waals surface area (Å²) < 4.78 is 10.9. The van der Waals surface area contributed by atoms with Gasteiger partial charge < -0.3 is 14.8 Å². The molecule has 2 aliphatic rings. The summed E-state index contributed by atoms with van der Waals surface area (Å²) >= 11 is 0. The Morgan fingerprint density at radius 1 is 1.54 bits per heavy atom. The summed E-state index contributed by atoms with van der Waals surface area (Å²) in [5, 5.41) is 3.48. The highest BCUT2D eigenvalue weighted by Crippen LogP contribution is 2.28. The fraction of sp³-hybridized carbons (Fsp3) is 1.00. The molecule has 0 radical (unpaired) electrons. The Morgan fingerprint density at radius 2 is 2.38 bits per heavy atom. The monoisotopic (exact) mass is 185 g/mol. The van der Waals surface area contributed by atoms with Gasteiger partial charge in [-0.25, -0.2) is 0 Å². The quantitative estimate of drug-likeness (QED) is 0.687. The van der Waals surface area contributed by atoms with Crippen LogP contribution in [0.25, 0.3) is 0 Å². The van der Waals surface area contributed by atoms with E-state index in [1.54, 1.807) is 7.11 Å². The molecule has 1 unspecified atom stereocenters. The predicted octanol–water partition coefficient (Wildman–Crippen LogP) is 0.791. The molecule has 0 aromatic heterocycles. The van der Waals surface area contributed by atoms with Crippen molar-refractivity contribution in [1.82, 2.24) is 5.32 Å². The molecule has 3 nitrogen and oxygen atoms in total. The summed E-state index contributed by atoms with van der Waals surface area (Å²) in [6.45, 7) is 3.70. The van der Waals surface area contributed by atoms with Crippen molar-refractivity contribution >= 4 is 0 Å². The number of hydrogen-bond donors (Lipinski definition) is 1. The van der Waals surface area contributed by atoms with E-state index in [1.807, 2.05) is 0 Å². The van der Waals surface area contributed by atoms with Gasteiger partial charge in [-0.3, -0.25) is 0 Å². The number of methoxy groups -OCH3 is 1. The summed E-state index contributed by atoms with van der Waals surface area (Å²) in [5.74, 6) is 0.941. The molecule has 3 heteroatoms. The van der Waals surface area contributed by atoms with Gasteiger partial charge in [0.25, 0.3) is 0 Å². The van der Waals surface area contributed by atoms with Crippen molar-refractivity contribution in [3.8, 4) is 0 Å². The topological polar surface area (TPSA) is 30.5 Å². The zero-order valence-electron chi connectivity index (χ0n) is 8.34. The molecule has 0 aromatic carbocycles. The molecule has 2 rings (SSSR count). The molecule has 1 aliphatic heterocycles. The summed E-state index contributed by atoms with van der Waals surface area (Å²) in [4.78, 5) is 0. The normalized spacial score (nSPS) is 33.9. The van der Waals surface area contributed by atoms with Gasteiger partial charge in [0.1, 0.15) is 5.60 Å². The molecule has 0 amide bonds. The average molecular weight is 185 g/mol. The maximum absolute atomic E-state index is 5.51. The Bertz CT molecular complexity index is 162. The van der Waals surface area contributed by atoms with E-state index < -0.39 is 0 Å². The highest BCUT2D eigenvalue weighted by atomic mass is 16.5. The van der Waals surface area contributed by atoms with Gasteiger partial charge in [-0.1, -0.05) is 0 Å². The summed E-state index contributed by atoms with van der Waals surface area (Å²) in [7, 11) is 1.79. The molecule has 0 aromatic rings. The predicted molar refractivity (Wildman–Crippen MR) is 50.8 cm³/mol. The van der Waals surface area contributed by atoms with E-state index in [4.69, 9.17) is 9.47 Å². The first-order valence-electron chi connectivity index (χ1n) is 5.18. The summed E-state index contributed by atoms with van der Waals surface area (Å²) in [6, 6.07) is 0. The van der Waals surface area contributed by atoms with Crippen LogP contribution in [0, 0.1) is 5.92 Å². The maximum Gasteiger partial charge on any atom is 0.106 e. The SMILES string of the molecule is COC1(CNCC2CC2)CCOC1. The van der Waals surface area contributed by atoms with Crippen molar-refractivity contribution in [2.24, 2.45) is 5.92 Å². The second-order valence-corrected chi connectivity index (χ2v) is 4.26. The second-order valence-electron chi connectivity index (χ2n) is 4.26. The maximum atomic E-state index is 5.51. The van der Waals surface area contributed by atoms with Gasteiger partial charge in [0.2, 0.25) is 0 Å². The Hall–Kier alpha value is -0.120. The van der Waals surface area contributed by atoms with Gasteiger partial charge in [-0.2, -0.15) is 0 Å². The lowest BCUT2D eigenvalue weighted by molar-refractivity contribution is -0.0157. The van der Waals surface area contributed by atoms with Crippen molar-refractivity contribution in [3.63, 3.8) is 0 Å². The number of rotatable bonds is 5. The lowest BCUT2D eigenvalue weighted by Gasteiger charge is -2.25. The van der Waals surface area contributed by atoms with E-state index in [0.29, 0.717) is 0 Å². The van der Waals surface area contributed by atoms with Gasteiger partial charge in [-0.15, -0.1) is 0 Å². The molecule has 1 heterocycles. The Morgan fingerprint density at radius 3 is 2.92 bits per heavy atom. The number of ether oxygens (including phenoxy) is 2. The third kappa shape index (κ3) is 2.42. The molecule has 2 fully saturated rings. The summed E-state index contributed by atoms with van der Waals surface area (Å²) in [6.07, 6.45) is 3.84. The Kier molecular flexibility index (Phi) is 2.86. The molecule has 1 atom stereocenters. The largest absolute Gasteiger partial charge is 0.378 e. The standard InChI is InChI=1S/C10H19NO2/c1-12-10(4-5-13-8-10)7-11-6-9-2-3-9/h9,11H,2-8H2,1H3. The molecular formula is C10H19NO2. The minimum Gasteiger partial charge on any atom is -0.378 e. The van der Waals surface area contributed by atoms with E-state index in [2.05, 4.69) is 5.32 Å². The lowest BCUT2D eigenvalue weighted by atomic mass is 10.0. The number of nitrogens with one attached hydrogen (secondary N) is 1. The minimum atomic E-state index is -0.0328. The van der Waals surface area contributed by atoms with Crippen LogP contribution in [0.2, 0.25) is 0 Å². The lowest BCUT2D eigenvalue weighted by Crippen LogP contribution is -2.43. The van der Waals surface area contributed by atoms with Crippen LogP contribution in [0.15, 0.2) is 0 Å². The fourth-order valence-corrected chi connectivity index (χ4v) is 1.79. The van der Waals surface area contributed by atoms with Gasteiger partial charge >= 0.3 is 0 Å². The third-order valence-electron chi connectivity index (χ3n) is 3.08. The summed E-state index contributed by atoms with van der Waals surface area (Å²) in [5.41, 5.74) is -0.0328. The van der Waals surface area contributed by atoms with Crippen molar-refractivity contribution in [1.29, 1.82) is 0 Å². The van der Waals surface area contributed by atoms with Gasteiger partial charge in [-0.05, 0) is 25.3 Å². The van der Waals surface area contributed by atoms with Crippen molar-refractivity contribution < 1.29 is 9.47 Å². The van der Waals surface area contributed by atoms with Crippen LogP contribution >= 0.6 is 0 Å². The first-order valence-corrected chi connectivity index (χ1v) is 5.18. The third-order valence-corrected chi connectivity index (χ3v) is 3.08. The molecule has 1 saturated carbocycles. The molecule has 0 spiro atoms. The zero-order chi connectivity index (χ0) is 9.15. The molecule has 1 saturated heterocycles. The molecule has 0 bridgehead atoms. The van der Waals surface area contributed by atoms with Crippen LogP contribution in [0.4, 0.5) is 0 Å². The van der Waals surface area contributed by atoms with Crippen molar-refractivity contribution in [2.45, 2.75) is 24.9 Å². The minimum absolute atomic E-state index is 0.0328. The van der Waals surface area contributed by atoms with Crippen LogP contribution in [0.1, 0.15) is 19.3 Å². The van der Waals surface area contributed by atoms with E-state index in [9.17, 15) is 0 Å². The van der Waals surface area contributed by atoms with Crippen molar-refractivity contribution in [2.75, 3.05) is 33.4 Å². The van der Waals surface area contributed by atoms with Crippen LogP contribution in [0.5, 0.6) is 0 Å². The van der Waals surface area contributed by atoms with Gasteiger partial charge in [0, 0.05) is 26.7 Å². The highest BCUT2D eigenvalue weighted by Gasteiger charge is 2.34. The van der Waals surface area contributed by atoms with Crippen LogP contribution < -0.4 is 5.32 Å². The average Bonchev–Trinajstić information content (AvgIpc) is 2.84. The smallest absolute Gasteiger partial charge is 0.106 e. The van der Waals surface area contributed by atoms with E-state index in [1.165, 1.54) is 12.8 Å². The fourth-order valence-electron chi connectivity index (χ4n) is 1.79. The van der Waals surface area contributed by atoms with Gasteiger partial charge in [0.05, 0.1) is 6.61 Å². The Balaban J connectivity index is 1.69. The van der Waals surface area contributed by atoms with Crippen LogP contribution in [-0.4, -0.2) is 39.0 Å².